The lowest BCUT2D eigenvalue weighted by Gasteiger charge is -2.37. The average molecular weight is 222 g/mol. The molecule has 1 aliphatic carbocycles. The summed E-state index contributed by atoms with van der Waals surface area (Å²) >= 11 is 0. The predicted molar refractivity (Wildman–Crippen MR) is 63.0 cm³/mol. The zero-order valence-corrected chi connectivity index (χ0v) is 10.2. The maximum absolute atomic E-state index is 9.13. The highest BCUT2D eigenvalue weighted by Crippen LogP contribution is 2.31. The molecule has 1 saturated heterocycles. The second-order valence-corrected chi connectivity index (χ2v) is 4.95. The quantitative estimate of drug-likeness (QED) is 0.734. The third kappa shape index (κ3) is 2.56. The van der Waals surface area contributed by atoms with Crippen LogP contribution in [-0.4, -0.2) is 36.7 Å². The first-order valence-electron chi connectivity index (χ1n) is 6.60. The zero-order valence-electron chi connectivity index (χ0n) is 10.2. The van der Waals surface area contributed by atoms with Gasteiger partial charge >= 0.3 is 0 Å². The van der Waals surface area contributed by atoms with E-state index in [1.165, 1.54) is 25.7 Å². The lowest BCUT2D eigenvalue weighted by Crippen LogP contribution is -2.46. The van der Waals surface area contributed by atoms with E-state index in [2.05, 4.69) is 17.9 Å². The van der Waals surface area contributed by atoms with Crippen LogP contribution < -0.4 is 0 Å². The monoisotopic (exact) mass is 222 g/mol. The van der Waals surface area contributed by atoms with Crippen LogP contribution in [0.3, 0.4) is 0 Å². The lowest BCUT2D eigenvalue weighted by atomic mass is 9.99. The topological polar surface area (TPSA) is 36.3 Å². The molecule has 0 aromatic heterocycles. The highest BCUT2D eigenvalue weighted by atomic mass is 16.5. The van der Waals surface area contributed by atoms with Crippen molar-refractivity contribution >= 4 is 0 Å². The molecule has 2 rings (SSSR count). The summed E-state index contributed by atoms with van der Waals surface area (Å²) in [5.41, 5.74) is 0. The van der Waals surface area contributed by atoms with Crippen molar-refractivity contribution in [1.82, 2.24) is 4.90 Å². The molecule has 2 fully saturated rings. The van der Waals surface area contributed by atoms with E-state index >= 15 is 0 Å². The van der Waals surface area contributed by atoms with E-state index in [1.807, 2.05) is 0 Å². The summed E-state index contributed by atoms with van der Waals surface area (Å²) in [6.07, 6.45) is 6.33. The number of hydrogen-bond donors (Lipinski definition) is 0. The molecular formula is C13H22N2O. The van der Waals surface area contributed by atoms with E-state index in [9.17, 15) is 0 Å². The van der Waals surface area contributed by atoms with Gasteiger partial charge in [0.25, 0.3) is 0 Å². The minimum Gasteiger partial charge on any atom is -0.377 e. The minimum atomic E-state index is 0.264. The van der Waals surface area contributed by atoms with Gasteiger partial charge in [-0.15, -0.1) is 0 Å². The maximum atomic E-state index is 9.13. The van der Waals surface area contributed by atoms with Crippen molar-refractivity contribution in [2.45, 2.75) is 51.2 Å². The van der Waals surface area contributed by atoms with E-state index in [4.69, 9.17) is 10.00 Å². The van der Waals surface area contributed by atoms with Gasteiger partial charge in [0.05, 0.1) is 18.1 Å². The minimum absolute atomic E-state index is 0.264. The fourth-order valence-electron chi connectivity index (χ4n) is 3.17. The van der Waals surface area contributed by atoms with Gasteiger partial charge in [-0.2, -0.15) is 5.26 Å². The van der Waals surface area contributed by atoms with Crippen molar-refractivity contribution in [2.75, 3.05) is 19.7 Å². The van der Waals surface area contributed by atoms with E-state index < -0.39 is 0 Å². The summed E-state index contributed by atoms with van der Waals surface area (Å²) in [4.78, 5) is 2.50. The van der Waals surface area contributed by atoms with Crippen LogP contribution in [0.5, 0.6) is 0 Å². The molecule has 1 heterocycles. The van der Waals surface area contributed by atoms with Crippen molar-refractivity contribution in [3.8, 4) is 6.07 Å². The summed E-state index contributed by atoms with van der Waals surface area (Å²) in [5.74, 6) is 0.264. The van der Waals surface area contributed by atoms with E-state index in [0.29, 0.717) is 12.1 Å². The first kappa shape index (κ1) is 11.9. The van der Waals surface area contributed by atoms with Gasteiger partial charge in [0, 0.05) is 19.2 Å². The van der Waals surface area contributed by atoms with Crippen molar-refractivity contribution in [3.63, 3.8) is 0 Å². The molecule has 3 heteroatoms. The van der Waals surface area contributed by atoms with E-state index in [-0.39, 0.29) is 5.92 Å². The molecule has 1 aliphatic heterocycles. The summed E-state index contributed by atoms with van der Waals surface area (Å²) in [5, 5.41) is 9.13. The Bertz CT molecular complexity index is 259. The molecule has 0 amide bonds. The largest absolute Gasteiger partial charge is 0.377 e. The number of nitriles is 1. The van der Waals surface area contributed by atoms with Gasteiger partial charge in [0.2, 0.25) is 0 Å². The number of nitrogens with zero attached hydrogens (tertiary/aromatic N) is 2. The van der Waals surface area contributed by atoms with Gasteiger partial charge in [-0.3, -0.25) is 4.90 Å². The number of ether oxygens (including phenoxy) is 1. The van der Waals surface area contributed by atoms with Crippen LogP contribution in [0.25, 0.3) is 0 Å². The van der Waals surface area contributed by atoms with Crippen LogP contribution in [0.2, 0.25) is 0 Å². The summed E-state index contributed by atoms with van der Waals surface area (Å²) in [6.45, 7) is 5.07. The molecule has 2 aliphatic rings. The van der Waals surface area contributed by atoms with Crippen LogP contribution >= 0.6 is 0 Å². The average Bonchev–Trinajstić information content (AvgIpc) is 2.78. The number of hydrogen-bond acceptors (Lipinski definition) is 3. The number of rotatable bonds is 3. The summed E-state index contributed by atoms with van der Waals surface area (Å²) < 4.78 is 5.72. The van der Waals surface area contributed by atoms with Crippen LogP contribution in [0.15, 0.2) is 0 Å². The second-order valence-electron chi connectivity index (χ2n) is 4.95. The molecule has 3 nitrogen and oxygen atoms in total. The predicted octanol–water partition coefficient (Wildman–Crippen LogP) is 2.18. The standard InChI is InChI=1S/C13H22N2O/c1-2-16-12-6-4-8-15(10-12)13-7-3-5-11(13)9-14/h11-13H,2-8,10H2,1H3. The number of piperidine rings is 1. The molecule has 0 bridgehead atoms. The third-order valence-corrected chi connectivity index (χ3v) is 3.93. The first-order chi connectivity index (χ1) is 7.85. The van der Waals surface area contributed by atoms with Crippen molar-refractivity contribution in [3.05, 3.63) is 0 Å². The van der Waals surface area contributed by atoms with Crippen LogP contribution in [0.1, 0.15) is 39.0 Å². The lowest BCUT2D eigenvalue weighted by molar-refractivity contribution is -0.00980. The van der Waals surface area contributed by atoms with E-state index in [1.54, 1.807) is 0 Å². The van der Waals surface area contributed by atoms with Gasteiger partial charge in [0.15, 0.2) is 0 Å². The smallest absolute Gasteiger partial charge is 0.0702 e. The number of likely N-dealkylation sites (tertiary alicyclic amines) is 1. The van der Waals surface area contributed by atoms with E-state index in [0.717, 1.165) is 26.1 Å². The Labute approximate surface area is 98.4 Å². The maximum Gasteiger partial charge on any atom is 0.0702 e. The van der Waals surface area contributed by atoms with Crippen LogP contribution in [0, 0.1) is 17.2 Å². The fourth-order valence-corrected chi connectivity index (χ4v) is 3.17. The Hall–Kier alpha value is -0.590. The van der Waals surface area contributed by atoms with Crippen molar-refractivity contribution < 1.29 is 4.74 Å². The van der Waals surface area contributed by atoms with Crippen LogP contribution in [0.4, 0.5) is 0 Å². The molecule has 0 spiro atoms. The Morgan fingerprint density at radius 2 is 2.19 bits per heavy atom. The molecule has 90 valence electrons. The Morgan fingerprint density at radius 3 is 2.94 bits per heavy atom. The normalized spacial score (nSPS) is 36.1. The first-order valence-corrected chi connectivity index (χ1v) is 6.60. The molecule has 0 aromatic rings. The highest BCUT2D eigenvalue weighted by Gasteiger charge is 2.34. The molecule has 16 heavy (non-hydrogen) atoms. The highest BCUT2D eigenvalue weighted by molar-refractivity contribution is 4.98. The Balaban J connectivity index is 1.91. The molecule has 0 aromatic carbocycles. The summed E-state index contributed by atoms with van der Waals surface area (Å²) in [6, 6.07) is 2.98. The van der Waals surface area contributed by atoms with Crippen LogP contribution in [-0.2, 0) is 4.74 Å². The van der Waals surface area contributed by atoms with Gasteiger partial charge in [-0.25, -0.2) is 0 Å². The molecule has 0 radical (unpaired) electrons. The van der Waals surface area contributed by atoms with Gasteiger partial charge in [0.1, 0.15) is 0 Å². The fraction of sp³-hybridized carbons (Fsp3) is 0.923. The molecular weight excluding hydrogens is 200 g/mol. The molecule has 1 saturated carbocycles. The van der Waals surface area contributed by atoms with Gasteiger partial charge in [-0.05, 0) is 39.2 Å². The SMILES string of the molecule is CCOC1CCCN(C2CCCC2C#N)C1. The van der Waals surface area contributed by atoms with Crippen molar-refractivity contribution in [2.24, 2.45) is 5.92 Å². The second kappa shape index (κ2) is 5.65. The molecule has 0 N–H and O–H groups in total. The Kier molecular flexibility index (Phi) is 4.20. The van der Waals surface area contributed by atoms with Crippen molar-refractivity contribution in [1.29, 1.82) is 5.26 Å². The van der Waals surface area contributed by atoms with Gasteiger partial charge in [-0.1, -0.05) is 6.42 Å². The van der Waals surface area contributed by atoms with Gasteiger partial charge < -0.3 is 4.74 Å². The zero-order chi connectivity index (χ0) is 11.4. The molecule has 3 unspecified atom stereocenters. The Morgan fingerprint density at radius 1 is 1.31 bits per heavy atom. The summed E-state index contributed by atoms with van der Waals surface area (Å²) in [7, 11) is 0. The third-order valence-electron chi connectivity index (χ3n) is 3.93. The molecule has 3 atom stereocenters.